The molecule has 0 aliphatic carbocycles. The molecule has 1 saturated heterocycles. The third kappa shape index (κ3) is 4.76. The molecule has 2 unspecified atom stereocenters. The van der Waals surface area contributed by atoms with Crippen molar-refractivity contribution >= 4 is 18.0 Å². The fourth-order valence-corrected chi connectivity index (χ4v) is 2.18. The molecule has 0 radical (unpaired) electrons. The van der Waals surface area contributed by atoms with E-state index in [2.05, 4.69) is 10.1 Å². The normalized spacial score (nSPS) is 20.5. The monoisotopic (exact) mass is 272 g/mol. The van der Waals surface area contributed by atoms with Gasteiger partial charge in [-0.1, -0.05) is 0 Å². The topological polar surface area (TPSA) is 95.9 Å². The van der Waals surface area contributed by atoms with Crippen LogP contribution in [0.5, 0.6) is 0 Å². The van der Waals surface area contributed by atoms with Crippen molar-refractivity contribution in [1.29, 1.82) is 0 Å². The highest BCUT2D eigenvalue weighted by Gasteiger charge is 2.27. The van der Waals surface area contributed by atoms with E-state index in [4.69, 9.17) is 5.11 Å². The van der Waals surface area contributed by atoms with Crippen molar-refractivity contribution in [3.8, 4) is 0 Å². The molecule has 2 atom stereocenters. The number of esters is 1. The summed E-state index contributed by atoms with van der Waals surface area (Å²) in [5, 5.41) is 11.3. The molecular formula is C12H20N2O5. The van der Waals surface area contributed by atoms with Crippen molar-refractivity contribution in [2.75, 3.05) is 20.2 Å². The lowest BCUT2D eigenvalue weighted by atomic mass is 9.95. The number of urea groups is 1. The molecule has 7 heteroatoms. The largest absolute Gasteiger partial charge is 0.481 e. The maximum absolute atomic E-state index is 11.9. The predicted octanol–water partition coefficient (Wildman–Crippen LogP) is 0.444. The van der Waals surface area contributed by atoms with E-state index in [0.29, 0.717) is 13.1 Å². The lowest BCUT2D eigenvalue weighted by Crippen LogP contribution is -2.50. The van der Waals surface area contributed by atoms with Gasteiger partial charge in [-0.15, -0.1) is 0 Å². The summed E-state index contributed by atoms with van der Waals surface area (Å²) in [7, 11) is 1.26. The Balaban J connectivity index is 2.48. The van der Waals surface area contributed by atoms with E-state index in [1.165, 1.54) is 7.11 Å². The summed E-state index contributed by atoms with van der Waals surface area (Å²) in [6.45, 7) is 2.53. The number of carboxylic acid groups (broad SMARTS) is 1. The van der Waals surface area contributed by atoms with Crippen LogP contribution < -0.4 is 5.32 Å². The quantitative estimate of drug-likeness (QED) is 0.724. The number of likely N-dealkylation sites (tertiary alicyclic amines) is 1. The summed E-state index contributed by atoms with van der Waals surface area (Å²) in [5.74, 6) is -1.38. The number of aliphatic carboxylic acids is 1. The number of nitrogens with one attached hydrogen (secondary N) is 1. The minimum Gasteiger partial charge on any atom is -0.481 e. The molecule has 0 bridgehead atoms. The summed E-state index contributed by atoms with van der Waals surface area (Å²) in [6, 6.07) is -1.06. The van der Waals surface area contributed by atoms with Crippen molar-refractivity contribution in [3.05, 3.63) is 0 Å². The second-order valence-electron chi connectivity index (χ2n) is 4.75. The molecule has 2 N–H and O–H groups in total. The minimum absolute atomic E-state index is 0.0227. The maximum Gasteiger partial charge on any atom is 0.328 e. The van der Waals surface area contributed by atoms with Gasteiger partial charge in [0.2, 0.25) is 0 Å². The van der Waals surface area contributed by atoms with Crippen molar-refractivity contribution in [2.45, 2.75) is 32.2 Å². The van der Waals surface area contributed by atoms with Crippen LogP contribution in [0.15, 0.2) is 0 Å². The highest BCUT2D eigenvalue weighted by atomic mass is 16.5. The van der Waals surface area contributed by atoms with Gasteiger partial charge in [-0.25, -0.2) is 9.59 Å². The number of piperidine rings is 1. The first-order chi connectivity index (χ1) is 8.93. The molecular weight excluding hydrogens is 252 g/mol. The third-order valence-electron chi connectivity index (χ3n) is 3.16. The first-order valence-corrected chi connectivity index (χ1v) is 6.29. The van der Waals surface area contributed by atoms with Crippen LogP contribution in [0.4, 0.5) is 4.79 Å². The molecule has 0 spiro atoms. The second-order valence-corrected chi connectivity index (χ2v) is 4.75. The Hall–Kier alpha value is -1.79. The van der Waals surface area contributed by atoms with Crippen LogP contribution >= 0.6 is 0 Å². The average molecular weight is 272 g/mol. The second kappa shape index (κ2) is 6.96. The van der Waals surface area contributed by atoms with Crippen molar-refractivity contribution in [1.82, 2.24) is 10.2 Å². The molecule has 1 heterocycles. The fraction of sp³-hybridized carbons (Fsp3) is 0.750. The molecule has 1 aliphatic heterocycles. The van der Waals surface area contributed by atoms with Crippen LogP contribution in [-0.4, -0.2) is 54.2 Å². The molecule has 0 aromatic carbocycles. The number of carboxylic acids is 1. The van der Waals surface area contributed by atoms with E-state index in [9.17, 15) is 14.4 Å². The highest BCUT2D eigenvalue weighted by molar-refractivity contribution is 5.83. The molecule has 1 aliphatic rings. The van der Waals surface area contributed by atoms with Crippen LogP contribution in [0, 0.1) is 5.92 Å². The standard InChI is InChI=1S/C12H20N2O5/c1-8(11(17)19-2)13-12(18)14-5-3-4-9(7-14)6-10(15)16/h8-9H,3-7H2,1-2H3,(H,13,18)(H,15,16). The lowest BCUT2D eigenvalue weighted by Gasteiger charge is -2.32. The zero-order valence-electron chi connectivity index (χ0n) is 11.2. The number of carbonyl (C=O) groups excluding carboxylic acids is 2. The van der Waals surface area contributed by atoms with Crippen LogP contribution in [0.2, 0.25) is 0 Å². The molecule has 2 amide bonds. The number of carbonyl (C=O) groups is 3. The van der Waals surface area contributed by atoms with Crippen molar-refractivity contribution in [3.63, 3.8) is 0 Å². The van der Waals surface area contributed by atoms with Crippen molar-refractivity contribution < 1.29 is 24.2 Å². The Morgan fingerprint density at radius 1 is 1.47 bits per heavy atom. The Bertz CT molecular complexity index is 358. The average Bonchev–Trinajstić information content (AvgIpc) is 2.37. The van der Waals surface area contributed by atoms with Gasteiger partial charge in [-0.05, 0) is 25.7 Å². The summed E-state index contributed by atoms with van der Waals surface area (Å²) in [6.07, 6.45) is 1.65. The van der Waals surface area contributed by atoms with Gasteiger partial charge >= 0.3 is 18.0 Å². The Labute approximate surface area is 111 Å². The van der Waals surface area contributed by atoms with Gasteiger partial charge in [0, 0.05) is 19.5 Å². The number of methoxy groups -OCH3 is 1. The maximum atomic E-state index is 11.9. The van der Waals surface area contributed by atoms with Crippen LogP contribution in [0.3, 0.4) is 0 Å². The Morgan fingerprint density at radius 2 is 2.16 bits per heavy atom. The number of rotatable bonds is 4. The Kier molecular flexibility index (Phi) is 5.59. The number of amides is 2. The highest BCUT2D eigenvalue weighted by Crippen LogP contribution is 2.19. The first-order valence-electron chi connectivity index (χ1n) is 6.29. The fourth-order valence-electron chi connectivity index (χ4n) is 2.18. The number of hydrogen-bond donors (Lipinski definition) is 2. The van der Waals surface area contributed by atoms with E-state index in [-0.39, 0.29) is 18.4 Å². The van der Waals surface area contributed by atoms with Gasteiger partial charge < -0.3 is 20.1 Å². The van der Waals surface area contributed by atoms with E-state index in [1.54, 1.807) is 11.8 Å². The van der Waals surface area contributed by atoms with Crippen LogP contribution in [0.25, 0.3) is 0 Å². The van der Waals surface area contributed by atoms with E-state index in [0.717, 1.165) is 12.8 Å². The lowest BCUT2D eigenvalue weighted by molar-refractivity contribution is -0.142. The van der Waals surface area contributed by atoms with Gasteiger partial charge in [-0.2, -0.15) is 0 Å². The molecule has 0 saturated carbocycles. The smallest absolute Gasteiger partial charge is 0.328 e. The third-order valence-corrected chi connectivity index (χ3v) is 3.16. The molecule has 108 valence electrons. The van der Waals surface area contributed by atoms with E-state index >= 15 is 0 Å². The summed E-state index contributed by atoms with van der Waals surface area (Å²) in [4.78, 5) is 35.3. The van der Waals surface area contributed by atoms with Gasteiger partial charge in [0.15, 0.2) is 0 Å². The van der Waals surface area contributed by atoms with Crippen molar-refractivity contribution in [2.24, 2.45) is 5.92 Å². The van der Waals surface area contributed by atoms with Gasteiger partial charge in [-0.3, -0.25) is 4.79 Å². The minimum atomic E-state index is -0.852. The summed E-state index contributed by atoms with van der Waals surface area (Å²) >= 11 is 0. The SMILES string of the molecule is COC(=O)C(C)NC(=O)N1CCCC(CC(=O)O)C1. The van der Waals surface area contributed by atoms with E-state index in [1.807, 2.05) is 0 Å². The zero-order valence-corrected chi connectivity index (χ0v) is 11.2. The number of hydrogen-bond acceptors (Lipinski definition) is 4. The molecule has 1 fully saturated rings. The number of ether oxygens (including phenoxy) is 1. The summed E-state index contributed by atoms with van der Waals surface area (Å²) in [5.41, 5.74) is 0. The molecule has 0 aromatic rings. The predicted molar refractivity (Wildman–Crippen MR) is 66.6 cm³/mol. The van der Waals surface area contributed by atoms with Crippen LogP contribution in [-0.2, 0) is 14.3 Å². The first kappa shape index (κ1) is 15.3. The Morgan fingerprint density at radius 3 is 2.74 bits per heavy atom. The molecule has 0 aromatic heterocycles. The molecule has 19 heavy (non-hydrogen) atoms. The summed E-state index contributed by atoms with van der Waals surface area (Å²) < 4.78 is 4.52. The van der Waals surface area contributed by atoms with Crippen LogP contribution in [0.1, 0.15) is 26.2 Å². The number of nitrogens with zero attached hydrogens (tertiary/aromatic N) is 1. The molecule has 1 rings (SSSR count). The van der Waals surface area contributed by atoms with Gasteiger partial charge in [0.05, 0.1) is 7.11 Å². The molecule has 7 nitrogen and oxygen atoms in total. The zero-order chi connectivity index (χ0) is 14.4. The van der Waals surface area contributed by atoms with E-state index < -0.39 is 18.0 Å². The van der Waals surface area contributed by atoms with Gasteiger partial charge in [0.25, 0.3) is 0 Å². The van der Waals surface area contributed by atoms with Gasteiger partial charge in [0.1, 0.15) is 6.04 Å².